The average molecular weight is 536 g/mol. The molecule has 0 unspecified atom stereocenters. The number of amides is 2. The Bertz CT molecular complexity index is 1430. The number of ether oxygens (including phenoxy) is 1. The second-order valence-corrected chi connectivity index (χ2v) is 9.52. The van der Waals surface area contributed by atoms with Crippen LogP contribution in [0.3, 0.4) is 0 Å². The number of carbonyl (C=O) groups excluding carboxylic acids is 2. The number of non-ortho nitro benzene ring substituents is 1. The Labute approximate surface area is 224 Å². The molecule has 0 radical (unpaired) electrons. The van der Waals surface area contributed by atoms with Gasteiger partial charge in [0, 0.05) is 23.5 Å². The first-order valence-corrected chi connectivity index (χ1v) is 12.1. The van der Waals surface area contributed by atoms with E-state index in [1.165, 1.54) is 48.5 Å². The number of aromatic hydroxyl groups is 1. The standard InChI is InChI=1S/C28H29N3O8/c1-15(2)11-18-12-17(28(35)36)5-10-23(18)30-26(33)21-8-6-19(13-24(21)32)29-27(34)22-9-7-20(31(37)38)14-25(22)39-16(3)4/h5-10,12-16,32H,11H2,1-4H3,(H,29,34)(H,30,33)(H,35,36). The predicted octanol–water partition coefficient (Wildman–Crippen LogP) is 5.49. The highest BCUT2D eigenvalue weighted by molar-refractivity contribution is 6.09. The maximum absolute atomic E-state index is 12.9. The molecule has 3 aromatic rings. The minimum atomic E-state index is -1.08. The van der Waals surface area contributed by atoms with Gasteiger partial charge in [0.25, 0.3) is 17.5 Å². The topological polar surface area (TPSA) is 168 Å². The zero-order valence-electron chi connectivity index (χ0n) is 21.8. The van der Waals surface area contributed by atoms with Gasteiger partial charge in [-0.25, -0.2) is 4.79 Å². The van der Waals surface area contributed by atoms with Crippen molar-refractivity contribution in [2.45, 2.75) is 40.2 Å². The van der Waals surface area contributed by atoms with Crippen molar-refractivity contribution < 1.29 is 34.3 Å². The quantitative estimate of drug-likeness (QED) is 0.195. The van der Waals surface area contributed by atoms with Crippen LogP contribution < -0.4 is 15.4 Å². The van der Waals surface area contributed by atoms with Gasteiger partial charge in [0.15, 0.2) is 0 Å². The molecule has 39 heavy (non-hydrogen) atoms. The van der Waals surface area contributed by atoms with E-state index < -0.39 is 28.5 Å². The van der Waals surface area contributed by atoms with E-state index in [-0.39, 0.29) is 45.8 Å². The number of nitro groups is 1. The fraction of sp³-hybridized carbons (Fsp3) is 0.250. The summed E-state index contributed by atoms with van der Waals surface area (Å²) in [5.74, 6) is -2.51. The number of hydrogen-bond acceptors (Lipinski definition) is 7. The van der Waals surface area contributed by atoms with E-state index in [2.05, 4.69) is 10.6 Å². The lowest BCUT2D eigenvalue weighted by molar-refractivity contribution is -0.384. The molecule has 0 aromatic heterocycles. The van der Waals surface area contributed by atoms with Crippen LogP contribution >= 0.6 is 0 Å². The van der Waals surface area contributed by atoms with Crippen molar-refractivity contribution in [3.63, 3.8) is 0 Å². The van der Waals surface area contributed by atoms with E-state index in [0.717, 1.165) is 6.07 Å². The zero-order chi connectivity index (χ0) is 28.9. The highest BCUT2D eigenvalue weighted by Gasteiger charge is 2.20. The number of anilines is 2. The molecular weight excluding hydrogens is 506 g/mol. The summed E-state index contributed by atoms with van der Waals surface area (Å²) in [6, 6.07) is 12.0. The molecule has 0 fully saturated rings. The molecule has 0 saturated heterocycles. The Morgan fingerprint density at radius 3 is 2.18 bits per heavy atom. The van der Waals surface area contributed by atoms with E-state index in [1.54, 1.807) is 13.8 Å². The highest BCUT2D eigenvalue weighted by atomic mass is 16.6. The summed E-state index contributed by atoms with van der Waals surface area (Å²) in [6.45, 7) is 7.36. The lowest BCUT2D eigenvalue weighted by atomic mass is 9.98. The fourth-order valence-corrected chi connectivity index (χ4v) is 3.81. The first-order valence-electron chi connectivity index (χ1n) is 12.1. The average Bonchev–Trinajstić information content (AvgIpc) is 2.84. The Morgan fingerprint density at radius 1 is 0.923 bits per heavy atom. The van der Waals surface area contributed by atoms with Gasteiger partial charge in [-0.3, -0.25) is 19.7 Å². The molecule has 0 bridgehead atoms. The van der Waals surface area contributed by atoms with Crippen LogP contribution in [0.25, 0.3) is 0 Å². The zero-order valence-corrected chi connectivity index (χ0v) is 21.8. The molecule has 0 aliphatic rings. The third-order valence-corrected chi connectivity index (χ3v) is 5.51. The number of phenols is 1. The Hall–Kier alpha value is -4.93. The number of carboxylic acid groups (broad SMARTS) is 1. The van der Waals surface area contributed by atoms with E-state index in [9.17, 15) is 34.7 Å². The van der Waals surface area contributed by atoms with E-state index in [4.69, 9.17) is 4.74 Å². The molecule has 4 N–H and O–H groups in total. The van der Waals surface area contributed by atoms with Gasteiger partial charge in [0.05, 0.1) is 33.8 Å². The third kappa shape index (κ3) is 7.31. The van der Waals surface area contributed by atoms with Crippen molar-refractivity contribution in [3.8, 4) is 11.5 Å². The van der Waals surface area contributed by atoms with Crippen LogP contribution in [-0.4, -0.2) is 39.0 Å². The summed E-state index contributed by atoms with van der Waals surface area (Å²) in [6.07, 6.45) is 0.181. The minimum absolute atomic E-state index is 0.0306. The van der Waals surface area contributed by atoms with Crippen LogP contribution in [0.1, 0.15) is 64.3 Å². The van der Waals surface area contributed by atoms with Gasteiger partial charge in [-0.1, -0.05) is 13.8 Å². The molecule has 204 valence electrons. The summed E-state index contributed by atoms with van der Waals surface area (Å²) < 4.78 is 5.58. The first-order chi connectivity index (χ1) is 18.3. The number of carbonyl (C=O) groups is 3. The van der Waals surface area contributed by atoms with Crippen LogP contribution in [0, 0.1) is 16.0 Å². The molecule has 0 saturated carbocycles. The molecule has 0 heterocycles. The number of hydrogen-bond donors (Lipinski definition) is 4. The summed E-state index contributed by atoms with van der Waals surface area (Å²) in [4.78, 5) is 47.7. The van der Waals surface area contributed by atoms with E-state index >= 15 is 0 Å². The largest absolute Gasteiger partial charge is 0.507 e. The second-order valence-electron chi connectivity index (χ2n) is 9.52. The van der Waals surface area contributed by atoms with Crippen molar-refractivity contribution in [1.29, 1.82) is 0 Å². The molecule has 11 nitrogen and oxygen atoms in total. The molecule has 3 rings (SSSR count). The van der Waals surface area contributed by atoms with Crippen LogP contribution in [0.4, 0.5) is 17.1 Å². The molecule has 0 aliphatic carbocycles. The van der Waals surface area contributed by atoms with Gasteiger partial charge < -0.3 is 25.6 Å². The number of nitro benzene ring substituents is 1. The molecule has 0 aliphatic heterocycles. The van der Waals surface area contributed by atoms with Gasteiger partial charge in [0.1, 0.15) is 11.5 Å². The fourth-order valence-electron chi connectivity index (χ4n) is 3.81. The van der Waals surface area contributed by atoms with Crippen LogP contribution in [0.15, 0.2) is 54.6 Å². The molecular formula is C28H29N3O8. The SMILES string of the molecule is CC(C)Cc1cc(C(=O)O)ccc1NC(=O)c1ccc(NC(=O)c2ccc([N+](=O)[O-])cc2OC(C)C)cc1O. The number of nitrogens with zero attached hydrogens (tertiary/aromatic N) is 1. The summed E-state index contributed by atoms with van der Waals surface area (Å²) in [7, 11) is 0. The third-order valence-electron chi connectivity index (χ3n) is 5.51. The highest BCUT2D eigenvalue weighted by Crippen LogP contribution is 2.29. The Morgan fingerprint density at radius 2 is 1.59 bits per heavy atom. The maximum atomic E-state index is 12.9. The lowest BCUT2D eigenvalue weighted by Gasteiger charge is -2.15. The van der Waals surface area contributed by atoms with Crippen molar-refractivity contribution in [2.24, 2.45) is 5.92 Å². The van der Waals surface area contributed by atoms with Gasteiger partial charge in [-0.15, -0.1) is 0 Å². The normalized spacial score (nSPS) is 10.8. The number of phenolic OH excluding ortho intramolecular Hbond substituents is 1. The molecule has 11 heteroatoms. The number of benzene rings is 3. The van der Waals surface area contributed by atoms with Crippen LogP contribution in [0.2, 0.25) is 0 Å². The summed E-state index contributed by atoms with van der Waals surface area (Å²) >= 11 is 0. The first kappa shape index (κ1) is 28.6. The molecule has 0 atom stereocenters. The lowest BCUT2D eigenvalue weighted by Crippen LogP contribution is -2.17. The molecule has 3 aromatic carbocycles. The number of nitrogens with one attached hydrogen (secondary N) is 2. The Kier molecular flexibility index (Phi) is 8.87. The number of carboxylic acids is 1. The van der Waals surface area contributed by atoms with E-state index in [1.807, 2.05) is 13.8 Å². The second kappa shape index (κ2) is 12.1. The van der Waals surface area contributed by atoms with Crippen molar-refractivity contribution in [1.82, 2.24) is 0 Å². The minimum Gasteiger partial charge on any atom is -0.507 e. The van der Waals surface area contributed by atoms with Gasteiger partial charge >= 0.3 is 5.97 Å². The van der Waals surface area contributed by atoms with E-state index in [0.29, 0.717) is 17.7 Å². The summed E-state index contributed by atoms with van der Waals surface area (Å²) in [5, 5.41) is 36.3. The van der Waals surface area contributed by atoms with Gasteiger partial charge in [0.2, 0.25) is 0 Å². The van der Waals surface area contributed by atoms with Gasteiger partial charge in [-0.05, 0) is 68.1 Å². The molecule has 0 spiro atoms. The maximum Gasteiger partial charge on any atom is 0.335 e. The number of rotatable bonds is 10. The van der Waals surface area contributed by atoms with Crippen LogP contribution in [0.5, 0.6) is 11.5 Å². The summed E-state index contributed by atoms with van der Waals surface area (Å²) in [5.41, 5.74) is 1.10. The smallest absolute Gasteiger partial charge is 0.335 e. The monoisotopic (exact) mass is 535 g/mol. The van der Waals surface area contributed by atoms with Gasteiger partial charge in [-0.2, -0.15) is 0 Å². The number of aromatic carboxylic acids is 1. The van der Waals surface area contributed by atoms with Crippen molar-refractivity contribution in [2.75, 3.05) is 10.6 Å². The Balaban J connectivity index is 1.81. The van der Waals surface area contributed by atoms with Crippen LogP contribution in [-0.2, 0) is 6.42 Å². The molecule has 2 amide bonds. The van der Waals surface area contributed by atoms with Crippen molar-refractivity contribution in [3.05, 3.63) is 87.0 Å². The van der Waals surface area contributed by atoms with Crippen molar-refractivity contribution >= 4 is 34.8 Å². The predicted molar refractivity (Wildman–Crippen MR) is 145 cm³/mol.